The smallest absolute Gasteiger partial charge is 0.0936 e. The van der Waals surface area contributed by atoms with Crippen molar-refractivity contribution in [2.75, 3.05) is 5.75 Å². The summed E-state index contributed by atoms with van der Waals surface area (Å²) in [5, 5.41) is 5.26. The van der Waals surface area contributed by atoms with Crippen LogP contribution in [0.1, 0.15) is 6.92 Å². The Hall–Kier alpha value is -0.440. The van der Waals surface area contributed by atoms with Crippen LogP contribution in [0.4, 0.5) is 0 Å². The van der Waals surface area contributed by atoms with Crippen LogP contribution >= 0.6 is 11.8 Å². The fourth-order valence-electron chi connectivity index (χ4n) is 0.651. The number of aromatic nitrogens is 2. The number of aryl methyl sites for hydroxylation is 1. The first kappa shape index (κ1) is 6.68. The lowest BCUT2D eigenvalue weighted by Gasteiger charge is -1.95. The van der Waals surface area contributed by atoms with E-state index in [2.05, 4.69) is 12.0 Å². The molecule has 9 heavy (non-hydrogen) atoms. The highest BCUT2D eigenvalue weighted by Crippen LogP contribution is 2.14. The largest absolute Gasteiger partial charge is 0.262 e. The lowest BCUT2D eigenvalue weighted by molar-refractivity contribution is 0.699. The van der Waals surface area contributed by atoms with E-state index in [-0.39, 0.29) is 0 Å². The summed E-state index contributed by atoms with van der Waals surface area (Å²) < 4.78 is 1.88. The Morgan fingerprint density at radius 1 is 1.78 bits per heavy atom. The van der Waals surface area contributed by atoms with Gasteiger partial charge in [-0.1, -0.05) is 6.92 Å². The molecule has 0 aliphatic heterocycles. The van der Waals surface area contributed by atoms with Crippen molar-refractivity contribution in [1.82, 2.24) is 9.78 Å². The molecule has 50 valence electrons. The van der Waals surface area contributed by atoms with Gasteiger partial charge in [-0.25, -0.2) is 0 Å². The Balaban J connectivity index is 2.69. The standard InChI is InChI=1S/C6H10N2S/c1-3-9-6-4-5-7-8(6)2/h4-5H,3H2,1-2H3. The summed E-state index contributed by atoms with van der Waals surface area (Å²) in [6.45, 7) is 2.14. The molecule has 0 fully saturated rings. The van der Waals surface area contributed by atoms with Crippen LogP contribution in [0.25, 0.3) is 0 Å². The van der Waals surface area contributed by atoms with Crippen molar-refractivity contribution in [3.8, 4) is 0 Å². The minimum Gasteiger partial charge on any atom is -0.262 e. The van der Waals surface area contributed by atoms with E-state index in [0.717, 1.165) is 5.75 Å². The van der Waals surface area contributed by atoms with Gasteiger partial charge in [0.15, 0.2) is 0 Å². The Labute approximate surface area is 59.3 Å². The second-order valence-corrected chi connectivity index (χ2v) is 3.01. The number of rotatable bonds is 2. The highest BCUT2D eigenvalue weighted by atomic mass is 32.2. The summed E-state index contributed by atoms with van der Waals surface area (Å²) in [6, 6.07) is 2.02. The molecule has 0 aliphatic carbocycles. The Morgan fingerprint density at radius 2 is 2.56 bits per heavy atom. The fraction of sp³-hybridized carbons (Fsp3) is 0.500. The summed E-state index contributed by atoms with van der Waals surface area (Å²) in [7, 11) is 1.96. The highest BCUT2D eigenvalue weighted by Gasteiger charge is 1.93. The molecule has 0 amide bonds. The third-order valence-electron chi connectivity index (χ3n) is 1.07. The molecule has 2 nitrogen and oxygen atoms in total. The third kappa shape index (κ3) is 1.48. The zero-order valence-electron chi connectivity index (χ0n) is 5.66. The van der Waals surface area contributed by atoms with Crippen molar-refractivity contribution in [1.29, 1.82) is 0 Å². The van der Waals surface area contributed by atoms with E-state index in [1.807, 2.05) is 35.8 Å². The number of hydrogen-bond donors (Lipinski definition) is 0. The molecule has 1 aromatic heterocycles. The fourth-order valence-corrected chi connectivity index (χ4v) is 1.34. The van der Waals surface area contributed by atoms with Crippen molar-refractivity contribution in [2.45, 2.75) is 11.9 Å². The zero-order chi connectivity index (χ0) is 6.69. The van der Waals surface area contributed by atoms with E-state index in [9.17, 15) is 0 Å². The predicted octanol–water partition coefficient (Wildman–Crippen LogP) is 1.53. The van der Waals surface area contributed by atoms with Crippen LogP contribution in [0.5, 0.6) is 0 Å². The molecule has 3 heteroatoms. The summed E-state index contributed by atoms with van der Waals surface area (Å²) in [6.07, 6.45) is 1.82. The normalized spacial score (nSPS) is 10.0. The molecule has 0 spiro atoms. The molecule has 0 atom stereocenters. The lowest BCUT2D eigenvalue weighted by Crippen LogP contribution is -1.90. The maximum atomic E-state index is 4.03. The topological polar surface area (TPSA) is 17.8 Å². The van der Waals surface area contributed by atoms with Gasteiger partial charge in [-0.3, -0.25) is 4.68 Å². The van der Waals surface area contributed by atoms with Crippen molar-refractivity contribution in [3.63, 3.8) is 0 Å². The number of thioether (sulfide) groups is 1. The molecular formula is C6H10N2S. The van der Waals surface area contributed by atoms with Crippen LogP contribution in [-0.4, -0.2) is 15.5 Å². The molecule has 0 N–H and O–H groups in total. The van der Waals surface area contributed by atoms with E-state index >= 15 is 0 Å². The molecule has 0 saturated heterocycles. The van der Waals surface area contributed by atoms with Gasteiger partial charge in [0.2, 0.25) is 0 Å². The van der Waals surface area contributed by atoms with Gasteiger partial charge in [0, 0.05) is 7.05 Å². The molecule has 0 aromatic carbocycles. The monoisotopic (exact) mass is 142 g/mol. The molecular weight excluding hydrogens is 132 g/mol. The van der Waals surface area contributed by atoms with Crippen LogP contribution < -0.4 is 0 Å². The Kier molecular flexibility index (Phi) is 2.16. The average molecular weight is 142 g/mol. The number of nitrogens with zero attached hydrogens (tertiary/aromatic N) is 2. The summed E-state index contributed by atoms with van der Waals surface area (Å²) in [5.41, 5.74) is 0. The van der Waals surface area contributed by atoms with Crippen LogP contribution in [0.15, 0.2) is 17.3 Å². The summed E-state index contributed by atoms with van der Waals surface area (Å²) in [5.74, 6) is 1.11. The van der Waals surface area contributed by atoms with Gasteiger partial charge in [0.1, 0.15) is 0 Å². The Morgan fingerprint density at radius 3 is 3.00 bits per heavy atom. The summed E-state index contributed by atoms with van der Waals surface area (Å²) in [4.78, 5) is 0. The maximum absolute atomic E-state index is 4.03. The van der Waals surface area contributed by atoms with Crippen molar-refractivity contribution in [3.05, 3.63) is 12.3 Å². The molecule has 0 saturated carbocycles. The van der Waals surface area contributed by atoms with Crippen LogP contribution in [-0.2, 0) is 7.05 Å². The molecule has 1 rings (SSSR count). The molecule has 0 aliphatic rings. The van der Waals surface area contributed by atoms with E-state index in [1.54, 1.807) is 0 Å². The second-order valence-electron chi connectivity index (χ2n) is 1.73. The van der Waals surface area contributed by atoms with Gasteiger partial charge in [-0.15, -0.1) is 11.8 Å². The van der Waals surface area contributed by atoms with E-state index < -0.39 is 0 Å². The minimum absolute atomic E-state index is 1.11. The second kappa shape index (κ2) is 2.92. The van der Waals surface area contributed by atoms with E-state index in [4.69, 9.17) is 0 Å². The van der Waals surface area contributed by atoms with Gasteiger partial charge in [0.05, 0.1) is 11.2 Å². The van der Waals surface area contributed by atoms with Gasteiger partial charge in [0.25, 0.3) is 0 Å². The van der Waals surface area contributed by atoms with Gasteiger partial charge in [-0.2, -0.15) is 5.10 Å². The van der Waals surface area contributed by atoms with Crippen LogP contribution in [0, 0.1) is 0 Å². The average Bonchev–Trinajstić information content (AvgIpc) is 2.18. The molecule has 0 bridgehead atoms. The van der Waals surface area contributed by atoms with Gasteiger partial charge >= 0.3 is 0 Å². The predicted molar refractivity (Wildman–Crippen MR) is 39.6 cm³/mol. The van der Waals surface area contributed by atoms with Crippen molar-refractivity contribution < 1.29 is 0 Å². The molecule has 1 heterocycles. The lowest BCUT2D eigenvalue weighted by atomic mass is 10.7. The summed E-state index contributed by atoms with van der Waals surface area (Å²) >= 11 is 1.81. The molecule has 1 aromatic rings. The Bertz CT molecular complexity index is 183. The van der Waals surface area contributed by atoms with Crippen molar-refractivity contribution >= 4 is 11.8 Å². The first-order valence-corrected chi connectivity index (χ1v) is 3.94. The van der Waals surface area contributed by atoms with E-state index in [0.29, 0.717) is 0 Å². The van der Waals surface area contributed by atoms with Crippen LogP contribution in [0.2, 0.25) is 0 Å². The zero-order valence-corrected chi connectivity index (χ0v) is 6.48. The first-order valence-electron chi connectivity index (χ1n) is 2.95. The van der Waals surface area contributed by atoms with Crippen LogP contribution in [0.3, 0.4) is 0 Å². The molecule has 0 radical (unpaired) electrons. The maximum Gasteiger partial charge on any atom is 0.0936 e. The number of hydrogen-bond acceptors (Lipinski definition) is 2. The minimum atomic E-state index is 1.11. The third-order valence-corrected chi connectivity index (χ3v) is 2.05. The SMILES string of the molecule is CCSc1ccnn1C. The van der Waals surface area contributed by atoms with Gasteiger partial charge in [-0.05, 0) is 11.8 Å². The highest BCUT2D eigenvalue weighted by molar-refractivity contribution is 7.99. The molecule has 0 unspecified atom stereocenters. The quantitative estimate of drug-likeness (QED) is 0.583. The van der Waals surface area contributed by atoms with Crippen molar-refractivity contribution in [2.24, 2.45) is 7.05 Å². The van der Waals surface area contributed by atoms with E-state index in [1.165, 1.54) is 5.03 Å². The van der Waals surface area contributed by atoms with Gasteiger partial charge < -0.3 is 0 Å². The first-order chi connectivity index (χ1) is 4.34.